The van der Waals surface area contributed by atoms with Crippen molar-refractivity contribution in [1.82, 2.24) is 0 Å². The van der Waals surface area contributed by atoms with E-state index in [9.17, 15) is 8.78 Å². The Kier molecular flexibility index (Phi) is 4.10. The summed E-state index contributed by atoms with van der Waals surface area (Å²) in [6.07, 6.45) is 4.88. The Hall–Kier alpha value is -0.870. The second kappa shape index (κ2) is 5.12. The third-order valence-corrected chi connectivity index (χ3v) is 2.47. The van der Waals surface area contributed by atoms with Crippen LogP contribution in [0.5, 0.6) is 0 Å². The lowest BCUT2D eigenvalue weighted by Crippen LogP contribution is -1.93. The van der Waals surface area contributed by atoms with Crippen LogP contribution in [0.25, 0.3) is 6.08 Å². The minimum Gasteiger partial charge on any atom is -0.327 e. The average molecular weight is 215 g/mol. The van der Waals surface area contributed by atoms with Gasteiger partial charge < -0.3 is 5.73 Å². The van der Waals surface area contributed by atoms with Crippen LogP contribution in [0.3, 0.4) is 0 Å². The standard InChI is InChI=1S/C10H11F2NS/c1-14-10-8(11)5-7(3-2-4-13)6-9(10)12/h2-3,5-6H,4,13H2,1H3/b3-2+. The monoisotopic (exact) mass is 215 g/mol. The highest BCUT2D eigenvalue weighted by Crippen LogP contribution is 2.24. The Bertz CT molecular complexity index is 327. The van der Waals surface area contributed by atoms with Gasteiger partial charge in [0.1, 0.15) is 11.6 Å². The highest BCUT2D eigenvalue weighted by atomic mass is 32.2. The molecule has 2 N–H and O–H groups in total. The molecule has 0 aliphatic heterocycles. The van der Waals surface area contributed by atoms with Gasteiger partial charge in [-0.05, 0) is 24.0 Å². The van der Waals surface area contributed by atoms with E-state index >= 15 is 0 Å². The first-order valence-electron chi connectivity index (χ1n) is 4.08. The highest BCUT2D eigenvalue weighted by molar-refractivity contribution is 7.98. The minimum absolute atomic E-state index is 0.0508. The van der Waals surface area contributed by atoms with E-state index in [0.717, 1.165) is 11.8 Å². The van der Waals surface area contributed by atoms with Crippen LogP contribution < -0.4 is 5.73 Å². The molecule has 0 spiro atoms. The molecule has 0 aromatic heterocycles. The van der Waals surface area contributed by atoms with Crippen molar-refractivity contribution in [2.24, 2.45) is 5.73 Å². The third kappa shape index (κ3) is 2.56. The quantitative estimate of drug-likeness (QED) is 0.784. The van der Waals surface area contributed by atoms with Gasteiger partial charge in [0, 0.05) is 6.54 Å². The van der Waals surface area contributed by atoms with Crippen LogP contribution in [0.1, 0.15) is 5.56 Å². The summed E-state index contributed by atoms with van der Waals surface area (Å²) in [6.45, 7) is 0.355. The molecule has 0 heterocycles. The first-order valence-corrected chi connectivity index (χ1v) is 5.31. The zero-order chi connectivity index (χ0) is 10.6. The van der Waals surface area contributed by atoms with Crippen molar-refractivity contribution in [3.8, 4) is 0 Å². The van der Waals surface area contributed by atoms with E-state index in [-0.39, 0.29) is 4.90 Å². The number of hydrogen-bond donors (Lipinski definition) is 1. The minimum atomic E-state index is -0.533. The lowest BCUT2D eigenvalue weighted by Gasteiger charge is -2.02. The molecule has 0 aliphatic carbocycles. The van der Waals surface area contributed by atoms with Crippen LogP contribution >= 0.6 is 11.8 Å². The largest absolute Gasteiger partial charge is 0.327 e. The number of halogens is 2. The van der Waals surface area contributed by atoms with Crippen molar-refractivity contribution in [3.05, 3.63) is 35.4 Å². The summed E-state index contributed by atoms with van der Waals surface area (Å²) in [6, 6.07) is 2.59. The Labute approximate surface area is 86.0 Å². The van der Waals surface area contributed by atoms with E-state index in [1.54, 1.807) is 18.4 Å². The lowest BCUT2D eigenvalue weighted by atomic mass is 10.2. The van der Waals surface area contributed by atoms with Crippen LogP contribution in [0.15, 0.2) is 23.1 Å². The summed E-state index contributed by atoms with van der Waals surface area (Å²) in [5.41, 5.74) is 5.72. The normalized spacial score (nSPS) is 11.1. The summed E-state index contributed by atoms with van der Waals surface area (Å²) in [7, 11) is 0. The lowest BCUT2D eigenvalue weighted by molar-refractivity contribution is 0.540. The van der Waals surface area contributed by atoms with E-state index < -0.39 is 11.6 Å². The molecule has 1 aromatic rings. The van der Waals surface area contributed by atoms with Gasteiger partial charge in [-0.3, -0.25) is 0 Å². The number of nitrogens with two attached hydrogens (primary N) is 1. The SMILES string of the molecule is CSc1c(F)cc(/C=C/CN)cc1F. The van der Waals surface area contributed by atoms with Crippen molar-refractivity contribution in [2.45, 2.75) is 4.90 Å². The second-order valence-corrected chi connectivity index (χ2v) is 3.47. The molecule has 0 fully saturated rings. The van der Waals surface area contributed by atoms with E-state index in [2.05, 4.69) is 0 Å². The summed E-state index contributed by atoms with van der Waals surface area (Å²) in [5, 5.41) is 0. The molecule has 0 saturated heterocycles. The fraction of sp³-hybridized carbons (Fsp3) is 0.200. The predicted molar refractivity (Wildman–Crippen MR) is 56.2 cm³/mol. The van der Waals surface area contributed by atoms with Gasteiger partial charge in [0.2, 0.25) is 0 Å². The third-order valence-electron chi connectivity index (χ3n) is 1.67. The molecule has 0 saturated carbocycles. The van der Waals surface area contributed by atoms with Crippen LogP contribution in [-0.2, 0) is 0 Å². The number of rotatable bonds is 3. The van der Waals surface area contributed by atoms with Gasteiger partial charge in [0.15, 0.2) is 0 Å². The smallest absolute Gasteiger partial charge is 0.140 e. The van der Waals surface area contributed by atoms with Crippen LogP contribution in [0.4, 0.5) is 8.78 Å². The summed E-state index contributed by atoms with van der Waals surface area (Å²) in [4.78, 5) is 0.0508. The number of hydrogen-bond acceptors (Lipinski definition) is 2. The fourth-order valence-corrected chi connectivity index (χ4v) is 1.58. The van der Waals surface area contributed by atoms with Crippen molar-refractivity contribution < 1.29 is 8.78 Å². The molecule has 76 valence electrons. The maximum absolute atomic E-state index is 13.2. The fourth-order valence-electron chi connectivity index (χ4n) is 1.07. The average Bonchev–Trinajstić information content (AvgIpc) is 2.14. The van der Waals surface area contributed by atoms with E-state index in [0.29, 0.717) is 12.1 Å². The van der Waals surface area contributed by atoms with Gasteiger partial charge >= 0.3 is 0 Å². The van der Waals surface area contributed by atoms with Crippen LogP contribution in [0.2, 0.25) is 0 Å². The number of benzene rings is 1. The topological polar surface area (TPSA) is 26.0 Å². The molecule has 1 nitrogen and oxygen atoms in total. The van der Waals surface area contributed by atoms with E-state index in [4.69, 9.17) is 5.73 Å². The van der Waals surface area contributed by atoms with Gasteiger partial charge in [0.05, 0.1) is 4.90 Å². The van der Waals surface area contributed by atoms with Gasteiger partial charge in [-0.25, -0.2) is 8.78 Å². The van der Waals surface area contributed by atoms with Crippen LogP contribution in [-0.4, -0.2) is 12.8 Å². The van der Waals surface area contributed by atoms with E-state index in [1.165, 1.54) is 12.1 Å². The molecule has 0 aliphatic rings. The molecule has 14 heavy (non-hydrogen) atoms. The Balaban J connectivity index is 3.07. The molecule has 0 amide bonds. The molecule has 4 heteroatoms. The zero-order valence-electron chi connectivity index (χ0n) is 7.76. The molecule has 0 radical (unpaired) electrons. The van der Waals surface area contributed by atoms with Crippen molar-refractivity contribution in [2.75, 3.05) is 12.8 Å². The first kappa shape index (κ1) is 11.2. The predicted octanol–water partition coefficient (Wildman–Crippen LogP) is 2.66. The summed E-state index contributed by atoms with van der Waals surface area (Å²) >= 11 is 1.06. The Morgan fingerprint density at radius 1 is 1.36 bits per heavy atom. The highest BCUT2D eigenvalue weighted by Gasteiger charge is 2.08. The Morgan fingerprint density at radius 2 is 1.93 bits per heavy atom. The van der Waals surface area contributed by atoms with E-state index in [1.807, 2.05) is 0 Å². The summed E-state index contributed by atoms with van der Waals surface area (Å²) in [5.74, 6) is -1.07. The van der Waals surface area contributed by atoms with Gasteiger partial charge in [0.25, 0.3) is 0 Å². The molecule has 0 atom stereocenters. The van der Waals surface area contributed by atoms with Gasteiger partial charge in [-0.15, -0.1) is 11.8 Å². The molecule has 0 unspecified atom stereocenters. The van der Waals surface area contributed by atoms with Crippen molar-refractivity contribution in [3.63, 3.8) is 0 Å². The molecular formula is C10H11F2NS. The van der Waals surface area contributed by atoms with Crippen molar-refractivity contribution >= 4 is 17.8 Å². The zero-order valence-corrected chi connectivity index (χ0v) is 8.57. The number of thioether (sulfide) groups is 1. The second-order valence-electron chi connectivity index (χ2n) is 2.66. The van der Waals surface area contributed by atoms with Gasteiger partial charge in [-0.1, -0.05) is 12.2 Å². The molecular weight excluding hydrogens is 204 g/mol. The molecule has 1 aromatic carbocycles. The maximum Gasteiger partial charge on any atom is 0.140 e. The summed E-state index contributed by atoms with van der Waals surface area (Å²) < 4.78 is 26.4. The molecule has 1 rings (SSSR count). The van der Waals surface area contributed by atoms with Crippen molar-refractivity contribution in [1.29, 1.82) is 0 Å². The first-order chi connectivity index (χ1) is 6.69. The maximum atomic E-state index is 13.2. The Morgan fingerprint density at radius 3 is 2.36 bits per heavy atom. The van der Waals surface area contributed by atoms with Gasteiger partial charge in [-0.2, -0.15) is 0 Å². The van der Waals surface area contributed by atoms with Crippen LogP contribution in [0, 0.1) is 11.6 Å². The molecule has 0 bridgehead atoms.